The highest BCUT2D eigenvalue weighted by Crippen LogP contribution is 2.31. The van der Waals surface area contributed by atoms with Crippen LogP contribution in [0.5, 0.6) is 11.5 Å². The van der Waals surface area contributed by atoms with E-state index < -0.39 is 0 Å². The van der Waals surface area contributed by atoms with Gasteiger partial charge in [-0.3, -0.25) is 0 Å². The van der Waals surface area contributed by atoms with Gasteiger partial charge < -0.3 is 14.3 Å². The van der Waals surface area contributed by atoms with E-state index in [0.717, 1.165) is 17.1 Å². The lowest BCUT2D eigenvalue weighted by molar-refractivity contribution is 0.174. The summed E-state index contributed by atoms with van der Waals surface area (Å²) in [6.45, 7) is 0.292. The topological polar surface area (TPSA) is 40.0 Å². The van der Waals surface area contributed by atoms with Crippen LogP contribution in [0.2, 0.25) is 0 Å². The van der Waals surface area contributed by atoms with Crippen molar-refractivity contribution in [3.8, 4) is 11.5 Å². The Labute approximate surface area is 75.7 Å². The molecule has 1 heterocycles. The summed E-state index contributed by atoms with van der Waals surface area (Å²) < 4.78 is 10.4. The zero-order valence-electron chi connectivity index (χ0n) is 7.19. The average Bonchev–Trinajstić information content (AvgIpc) is 2.61. The Balaban J connectivity index is 2.25. The molecule has 0 spiro atoms. The Morgan fingerprint density at radius 2 is 2.23 bits per heavy atom. The van der Waals surface area contributed by atoms with E-state index in [4.69, 9.17) is 9.47 Å². The van der Waals surface area contributed by atoms with Gasteiger partial charge in [0, 0.05) is 5.56 Å². The summed E-state index contributed by atoms with van der Waals surface area (Å²) in [5, 5.41) is 3.65. The SMILES string of the molecule is CO/N=C/c1ccc2c(c1)OCO2. The van der Waals surface area contributed by atoms with E-state index in [-0.39, 0.29) is 0 Å². The lowest BCUT2D eigenvalue weighted by Crippen LogP contribution is -1.92. The Hall–Kier alpha value is -1.71. The van der Waals surface area contributed by atoms with Crippen molar-refractivity contribution in [2.75, 3.05) is 13.9 Å². The molecule has 2 rings (SSSR count). The minimum atomic E-state index is 0.292. The molecule has 0 aliphatic carbocycles. The van der Waals surface area contributed by atoms with Crippen molar-refractivity contribution >= 4 is 6.21 Å². The Morgan fingerprint density at radius 1 is 1.38 bits per heavy atom. The molecule has 68 valence electrons. The van der Waals surface area contributed by atoms with E-state index in [0.29, 0.717) is 6.79 Å². The van der Waals surface area contributed by atoms with Gasteiger partial charge in [-0.2, -0.15) is 0 Å². The van der Waals surface area contributed by atoms with Crippen molar-refractivity contribution in [3.05, 3.63) is 23.8 Å². The summed E-state index contributed by atoms with van der Waals surface area (Å²) in [5.74, 6) is 1.52. The van der Waals surface area contributed by atoms with Gasteiger partial charge in [-0.15, -0.1) is 0 Å². The number of ether oxygens (including phenoxy) is 2. The number of benzene rings is 1. The first-order valence-electron chi connectivity index (χ1n) is 3.86. The minimum Gasteiger partial charge on any atom is -0.454 e. The number of fused-ring (bicyclic) bond motifs is 1. The maximum Gasteiger partial charge on any atom is 0.231 e. The number of nitrogens with zero attached hydrogens (tertiary/aromatic N) is 1. The van der Waals surface area contributed by atoms with Crippen molar-refractivity contribution in [3.63, 3.8) is 0 Å². The molecule has 4 nitrogen and oxygen atoms in total. The molecule has 0 fully saturated rings. The van der Waals surface area contributed by atoms with Crippen LogP contribution in [0.3, 0.4) is 0 Å². The molecule has 13 heavy (non-hydrogen) atoms. The van der Waals surface area contributed by atoms with Crippen LogP contribution >= 0.6 is 0 Å². The first kappa shape index (κ1) is 7.91. The predicted octanol–water partition coefficient (Wildman–Crippen LogP) is 1.40. The number of hydrogen-bond donors (Lipinski definition) is 0. The fraction of sp³-hybridized carbons (Fsp3) is 0.222. The third-order valence-corrected chi connectivity index (χ3v) is 1.70. The molecule has 0 bridgehead atoms. The molecule has 0 aromatic heterocycles. The zero-order valence-corrected chi connectivity index (χ0v) is 7.19. The third-order valence-electron chi connectivity index (χ3n) is 1.70. The molecule has 0 saturated carbocycles. The highest BCUT2D eigenvalue weighted by Gasteiger charge is 2.12. The van der Waals surface area contributed by atoms with Crippen LogP contribution in [-0.4, -0.2) is 20.1 Å². The normalized spacial score (nSPS) is 13.6. The van der Waals surface area contributed by atoms with E-state index in [9.17, 15) is 0 Å². The second kappa shape index (κ2) is 3.35. The molecule has 1 aromatic carbocycles. The Kier molecular flexibility index (Phi) is 2.04. The lowest BCUT2D eigenvalue weighted by atomic mass is 10.2. The predicted molar refractivity (Wildman–Crippen MR) is 47.2 cm³/mol. The van der Waals surface area contributed by atoms with E-state index in [2.05, 4.69) is 9.99 Å². The van der Waals surface area contributed by atoms with Crippen LogP contribution < -0.4 is 9.47 Å². The minimum absolute atomic E-state index is 0.292. The molecule has 0 atom stereocenters. The van der Waals surface area contributed by atoms with Crippen LogP contribution in [0, 0.1) is 0 Å². The molecule has 0 radical (unpaired) electrons. The lowest BCUT2D eigenvalue weighted by Gasteiger charge is -1.96. The summed E-state index contributed by atoms with van der Waals surface area (Å²) in [4.78, 5) is 4.56. The van der Waals surface area contributed by atoms with E-state index in [1.807, 2.05) is 18.2 Å². The maximum absolute atomic E-state index is 5.19. The molecule has 0 unspecified atom stereocenters. The summed E-state index contributed by atoms with van der Waals surface area (Å²) in [6.07, 6.45) is 1.61. The van der Waals surface area contributed by atoms with Crippen LogP contribution in [0.25, 0.3) is 0 Å². The summed E-state index contributed by atoms with van der Waals surface area (Å²) in [7, 11) is 1.50. The van der Waals surface area contributed by atoms with Gasteiger partial charge in [-0.05, 0) is 18.2 Å². The van der Waals surface area contributed by atoms with Gasteiger partial charge >= 0.3 is 0 Å². The summed E-state index contributed by atoms with van der Waals surface area (Å²) in [6, 6.07) is 5.58. The van der Waals surface area contributed by atoms with Gasteiger partial charge in [0.15, 0.2) is 11.5 Å². The molecular formula is C9H9NO3. The highest BCUT2D eigenvalue weighted by atomic mass is 16.7. The van der Waals surface area contributed by atoms with Crippen LogP contribution in [-0.2, 0) is 4.84 Å². The molecule has 0 N–H and O–H groups in total. The quantitative estimate of drug-likeness (QED) is 0.509. The Bertz CT molecular complexity index is 336. The summed E-state index contributed by atoms with van der Waals surface area (Å²) >= 11 is 0. The number of rotatable bonds is 2. The van der Waals surface area contributed by atoms with Crippen molar-refractivity contribution in [1.82, 2.24) is 0 Å². The first-order valence-corrected chi connectivity index (χ1v) is 3.86. The fourth-order valence-corrected chi connectivity index (χ4v) is 1.11. The van der Waals surface area contributed by atoms with Gasteiger partial charge in [-0.1, -0.05) is 5.16 Å². The van der Waals surface area contributed by atoms with Crippen LogP contribution in [0.1, 0.15) is 5.56 Å². The fourth-order valence-electron chi connectivity index (χ4n) is 1.11. The third kappa shape index (κ3) is 1.56. The highest BCUT2D eigenvalue weighted by molar-refractivity contribution is 5.80. The molecule has 4 heteroatoms. The molecule has 1 aromatic rings. The number of hydrogen-bond acceptors (Lipinski definition) is 4. The van der Waals surface area contributed by atoms with Crippen LogP contribution in [0.15, 0.2) is 23.4 Å². The second-order valence-electron chi connectivity index (χ2n) is 2.53. The van der Waals surface area contributed by atoms with Crippen molar-refractivity contribution in [2.45, 2.75) is 0 Å². The van der Waals surface area contributed by atoms with E-state index >= 15 is 0 Å². The van der Waals surface area contributed by atoms with Crippen molar-refractivity contribution < 1.29 is 14.3 Å². The average molecular weight is 179 g/mol. The molecule has 1 aliphatic heterocycles. The van der Waals surface area contributed by atoms with Gasteiger partial charge in [-0.25, -0.2) is 0 Å². The van der Waals surface area contributed by atoms with Gasteiger partial charge in [0.05, 0.1) is 6.21 Å². The maximum atomic E-state index is 5.19. The molecule has 0 saturated heterocycles. The number of oxime groups is 1. The zero-order chi connectivity index (χ0) is 9.10. The van der Waals surface area contributed by atoms with E-state index in [1.165, 1.54) is 7.11 Å². The van der Waals surface area contributed by atoms with Crippen molar-refractivity contribution in [2.24, 2.45) is 5.16 Å². The Morgan fingerprint density at radius 3 is 3.08 bits per heavy atom. The van der Waals surface area contributed by atoms with Gasteiger partial charge in [0.2, 0.25) is 6.79 Å². The van der Waals surface area contributed by atoms with Gasteiger partial charge in [0.25, 0.3) is 0 Å². The van der Waals surface area contributed by atoms with Gasteiger partial charge in [0.1, 0.15) is 7.11 Å². The first-order chi connectivity index (χ1) is 6.40. The van der Waals surface area contributed by atoms with E-state index in [1.54, 1.807) is 6.21 Å². The molecule has 1 aliphatic rings. The van der Waals surface area contributed by atoms with Crippen molar-refractivity contribution in [1.29, 1.82) is 0 Å². The molecular weight excluding hydrogens is 170 g/mol. The largest absolute Gasteiger partial charge is 0.454 e. The standard InChI is InChI=1S/C9H9NO3/c1-11-10-5-7-2-3-8-9(4-7)13-6-12-8/h2-5H,6H2,1H3/b10-5+. The summed E-state index contributed by atoms with van der Waals surface area (Å²) in [5.41, 5.74) is 0.922. The monoisotopic (exact) mass is 179 g/mol. The smallest absolute Gasteiger partial charge is 0.231 e. The van der Waals surface area contributed by atoms with Crippen LogP contribution in [0.4, 0.5) is 0 Å². The second-order valence-corrected chi connectivity index (χ2v) is 2.53. The molecule has 0 amide bonds.